The van der Waals surface area contributed by atoms with Gasteiger partial charge in [-0.25, -0.2) is 0 Å². The fourth-order valence-electron chi connectivity index (χ4n) is 1.69. The van der Waals surface area contributed by atoms with E-state index in [1.165, 1.54) is 12.3 Å². The Morgan fingerprint density at radius 2 is 2.15 bits per heavy atom. The van der Waals surface area contributed by atoms with Crippen LogP contribution in [0.25, 0.3) is 6.08 Å². The molecular formula is C15H14BrNO3. The third kappa shape index (κ3) is 3.82. The fraction of sp³-hybridized carbons (Fsp3) is 0.133. The van der Waals surface area contributed by atoms with Crippen LogP contribution >= 0.6 is 15.9 Å². The van der Waals surface area contributed by atoms with Gasteiger partial charge >= 0.3 is 0 Å². The molecule has 0 spiro atoms. The van der Waals surface area contributed by atoms with Crippen molar-refractivity contribution < 1.29 is 14.3 Å². The number of furan rings is 1. The molecular weight excluding hydrogens is 322 g/mol. The Balaban J connectivity index is 2.00. The van der Waals surface area contributed by atoms with Crippen molar-refractivity contribution in [2.75, 3.05) is 6.61 Å². The van der Waals surface area contributed by atoms with Crippen molar-refractivity contribution in [2.45, 2.75) is 6.04 Å². The van der Waals surface area contributed by atoms with E-state index in [-0.39, 0.29) is 12.5 Å². The molecule has 104 valence electrons. The maximum Gasteiger partial charge on any atom is 0.244 e. The van der Waals surface area contributed by atoms with Crippen LogP contribution < -0.4 is 5.32 Å². The van der Waals surface area contributed by atoms with Crippen LogP contribution in [0.5, 0.6) is 0 Å². The van der Waals surface area contributed by atoms with Gasteiger partial charge in [-0.15, -0.1) is 0 Å². The van der Waals surface area contributed by atoms with E-state index in [2.05, 4.69) is 21.2 Å². The molecule has 0 fully saturated rings. The Kier molecular flexibility index (Phi) is 5.15. The van der Waals surface area contributed by atoms with Gasteiger partial charge in [-0.05, 0) is 29.8 Å². The van der Waals surface area contributed by atoms with E-state index in [1.807, 2.05) is 24.3 Å². The topological polar surface area (TPSA) is 62.5 Å². The standard InChI is InChI=1S/C15H14BrNO3/c16-12-5-2-1-4-11(12)7-8-15(19)17-13(10-18)14-6-3-9-20-14/h1-9,13,18H,10H2,(H,17,19)/b8-7+. The highest BCUT2D eigenvalue weighted by molar-refractivity contribution is 9.10. The first-order chi connectivity index (χ1) is 9.70. The zero-order valence-electron chi connectivity index (χ0n) is 10.6. The molecule has 1 aromatic heterocycles. The number of nitrogens with one attached hydrogen (secondary N) is 1. The van der Waals surface area contributed by atoms with E-state index in [0.717, 1.165) is 10.0 Å². The summed E-state index contributed by atoms with van der Waals surface area (Å²) in [5, 5.41) is 11.9. The minimum absolute atomic E-state index is 0.220. The molecule has 1 heterocycles. The smallest absolute Gasteiger partial charge is 0.244 e. The quantitative estimate of drug-likeness (QED) is 0.826. The van der Waals surface area contributed by atoms with Crippen molar-refractivity contribution in [1.29, 1.82) is 0 Å². The Morgan fingerprint density at radius 3 is 2.80 bits per heavy atom. The molecule has 2 aromatic rings. The molecule has 5 heteroatoms. The van der Waals surface area contributed by atoms with Gasteiger partial charge in [-0.1, -0.05) is 34.1 Å². The maximum absolute atomic E-state index is 11.8. The minimum atomic E-state index is -0.540. The molecule has 0 radical (unpaired) electrons. The van der Waals surface area contributed by atoms with Crippen molar-refractivity contribution in [3.8, 4) is 0 Å². The van der Waals surface area contributed by atoms with Crippen LogP contribution in [0.4, 0.5) is 0 Å². The van der Waals surface area contributed by atoms with Gasteiger partial charge in [-0.3, -0.25) is 4.79 Å². The summed E-state index contributed by atoms with van der Waals surface area (Å²) in [4.78, 5) is 11.8. The predicted molar refractivity (Wildman–Crippen MR) is 79.9 cm³/mol. The number of carbonyl (C=O) groups excluding carboxylic acids is 1. The van der Waals surface area contributed by atoms with Gasteiger partial charge in [-0.2, -0.15) is 0 Å². The Labute approximate surface area is 125 Å². The van der Waals surface area contributed by atoms with E-state index in [9.17, 15) is 9.90 Å². The molecule has 2 rings (SSSR count). The molecule has 0 bridgehead atoms. The monoisotopic (exact) mass is 335 g/mol. The van der Waals surface area contributed by atoms with Crippen molar-refractivity contribution in [3.05, 3.63) is 64.5 Å². The maximum atomic E-state index is 11.8. The highest BCUT2D eigenvalue weighted by Crippen LogP contribution is 2.17. The van der Waals surface area contributed by atoms with Crippen molar-refractivity contribution >= 4 is 27.9 Å². The molecule has 20 heavy (non-hydrogen) atoms. The largest absolute Gasteiger partial charge is 0.467 e. The number of hydrogen-bond donors (Lipinski definition) is 2. The fourth-order valence-corrected chi connectivity index (χ4v) is 2.11. The zero-order valence-corrected chi connectivity index (χ0v) is 12.2. The van der Waals surface area contributed by atoms with E-state index < -0.39 is 6.04 Å². The normalized spacial score (nSPS) is 12.5. The third-order valence-electron chi connectivity index (χ3n) is 2.71. The molecule has 0 aliphatic heterocycles. The van der Waals surface area contributed by atoms with E-state index >= 15 is 0 Å². The number of hydrogen-bond acceptors (Lipinski definition) is 3. The van der Waals surface area contributed by atoms with Gasteiger partial charge in [0.15, 0.2) is 0 Å². The van der Waals surface area contributed by atoms with Crippen LogP contribution in [0.1, 0.15) is 17.4 Å². The molecule has 0 aliphatic carbocycles. The van der Waals surface area contributed by atoms with Crippen LogP contribution in [-0.2, 0) is 4.79 Å². The second kappa shape index (κ2) is 7.07. The molecule has 0 saturated carbocycles. The number of carbonyl (C=O) groups is 1. The SMILES string of the molecule is O=C(/C=C/c1ccccc1Br)NC(CO)c1ccco1. The number of halogens is 1. The Morgan fingerprint density at radius 1 is 1.35 bits per heavy atom. The highest BCUT2D eigenvalue weighted by atomic mass is 79.9. The lowest BCUT2D eigenvalue weighted by Gasteiger charge is -2.12. The van der Waals surface area contributed by atoms with Crippen molar-refractivity contribution in [2.24, 2.45) is 0 Å². The molecule has 0 saturated heterocycles. The first-order valence-corrected chi connectivity index (χ1v) is 6.87. The van der Waals surface area contributed by atoms with Crippen molar-refractivity contribution in [1.82, 2.24) is 5.32 Å². The van der Waals surface area contributed by atoms with Crippen molar-refractivity contribution in [3.63, 3.8) is 0 Å². The van der Waals surface area contributed by atoms with Gasteiger partial charge in [0.05, 0.1) is 12.9 Å². The average molecular weight is 336 g/mol. The highest BCUT2D eigenvalue weighted by Gasteiger charge is 2.14. The first-order valence-electron chi connectivity index (χ1n) is 6.08. The summed E-state index contributed by atoms with van der Waals surface area (Å²) in [6, 6.07) is 10.5. The van der Waals surface area contributed by atoms with Crippen LogP contribution in [0, 0.1) is 0 Å². The Hall–Kier alpha value is -1.85. The van der Waals surface area contributed by atoms with Gasteiger partial charge in [0.25, 0.3) is 0 Å². The number of aliphatic hydroxyl groups excluding tert-OH is 1. The second-order valence-electron chi connectivity index (χ2n) is 4.11. The van der Waals surface area contributed by atoms with Crippen LogP contribution in [-0.4, -0.2) is 17.6 Å². The molecule has 0 aliphatic rings. The lowest BCUT2D eigenvalue weighted by atomic mass is 10.2. The molecule has 1 unspecified atom stereocenters. The van der Waals surface area contributed by atoms with Crippen LogP contribution in [0.3, 0.4) is 0 Å². The summed E-state index contributed by atoms with van der Waals surface area (Å²) in [5.41, 5.74) is 0.904. The lowest BCUT2D eigenvalue weighted by Crippen LogP contribution is -2.28. The van der Waals surface area contributed by atoms with Crippen LogP contribution in [0.2, 0.25) is 0 Å². The molecule has 4 nitrogen and oxygen atoms in total. The molecule has 1 atom stereocenters. The summed E-state index contributed by atoms with van der Waals surface area (Å²) in [6.45, 7) is -0.220. The Bertz CT molecular complexity index is 593. The van der Waals surface area contributed by atoms with Gasteiger partial charge in [0, 0.05) is 10.5 Å². The first kappa shape index (κ1) is 14.6. The molecule has 2 N–H and O–H groups in total. The summed E-state index contributed by atoms with van der Waals surface area (Å²) < 4.78 is 6.07. The lowest BCUT2D eigenvalue weighted by molar-refractivity contribution is -0.117. The zero-order chi connectivity index (χ0) is 14.4. The number of rotatable bonds is 5. The van der Waals surface area contributed by atoms with Crippen LogP contribution in [0.15, 0.2) is 57.6 Å². The summed E-state index contributed by atoms with van der Waals surface area (Å²) in [7, 11) is 0. The molecule has 1 amide bonds. The van der Waals surface area contributed by atoms with E-state index in [1.54, 1.807) is 18.2 Å². The number of aliphatic hydroxyl groups is 1. The minimum Gasteiger partial charge on any atom is -0.467 e. The van der Waals surface area contributed by atoms with Gasteiger partial charge in [0.1, 0.15) is 11.8 Å². The van der Waals surface area contributed by atoms with Gasteiger partial charge in [0.2, 0.25) is 5.91 Å². The summed E-state index contributed by atoms with van der Waals surface area (Å²) in [6.07, 6.45) is 4.63. The van der Waals surface area contributed by atoms with E-state index in [4.69, 9.17) is 4.42 Å². The number of benzene rings is 1. The number of amides is 1. The summed E-state index contributed by atoms with van der Waals surface area (Å²) in [5.74, 6) is 0.228. The summed E-state index contributed by atoms with van der Waals surface area (Å²) >= 11 is 3.40. The second-order valence-corrected chi connectivity index (χ2v) is 4.97. The van der Waals surface area contributed by atoms with Gasteiger partial charge < -0.3 is 14.8 Å². The average Bonchev–Trinajstić information content (AvgIpc) is 2.98. The third-order valence-corrected chi connectivity index (χ3v) is 3.43. The molecule has 1 aromatic carbocycles. The van der Waals surface area contributed by atoms with E-state index in [0.29, 0.717) is 5.76 Å². The predicted octanol–water partition coefficient (Wildman–Crippen LogP) is 2.91.